The van der Waals surface area contributed by atoms with Crippen LogP contribution in [0.3, 0.4) is 0 Å². The van der Waals surface area contributed by atoms with E-state index < -0.39 is 0 Å². The summed E-state index contributed by atoms with van der Waals surface area (Å²) in [6.45, 7) is 4.39. The average Bonchev–Trinajstić information content (AvgIpc) is 2.87. The van der Waals surface area contributed by atoms with Gasteiger partial charge in [-0.15, -0.1) is 0 Å². The first-order valence-corrected chi connectivity index (χ1v) is 7.79. The highest BCUT2D eigenvalue weighted by atomic mass is 16.2. The Hall–Kier alpha value is -1.51. The third-order valence-electron chi connectivity index (χ3n) is 4.78. The molecule has 3 nitrogen and oxygen atoms in total. The first kappa shape index (κ1) is 13.5. The summed E-state index contributed by atoms with van der Waals surface area (Å²) >= 11 is 0. The second kappa shape index (κ2) is 5.47. The molecule has 1 heterocycles. The number of benzene rings is 1. The molecule has 108 valence electrons. The maximum absolute atomic E-state index is 12.4. The second-order valence-corrected chi connectivity index (χ2v) is 6.48. The molecule has 1 atom stereocenters. The van der Waals surface area contributed by atoms with E-state index >= 15 is 0 Å². The molecule has 3 rings (SSSR count). The van der Waals surface area contributed by atoms with Gasteiger partial charge in [0.25, 0.3) is 0 Å². The van der Waals surface area contributed by atoms with Gasteiger partial charge in [-0.2, -0.15) is 0 Å². The first-order chi connectivity index (χ1) is 9.63. The molecule has 1 unspecified atom stereocenters. The van der Waals surface area contributed by atoms with Crippen molar-refractivity contribution >= 4 is 11.6 Å². The van der Waals surface area contributed by atoms with E-state index in [1.807, 2.05) is 0 Å². The number of carbonyl (C=O) groups is 1. The molecule has 3 heteroatoms. The molecular weight excluding hydrogens is 248 g/mol. The first-order valence-electron chi connectivity index (χ1n) is 7.79. The van der Waals surface area contributed by atoms with Gasteiger partial charge in [-0.3, -0.25) is 4.79 Å². The lowest BCUT2D eigenvalue weighted by atomic mass is 9.87. The van der Waals surface area contributed by atoms with E-state index in [0.717, 1.165) is 30.9 Å². The van der Waals surface area contributed by atoms with E-state index in [9.17, 15) is 4.79 Å². The Balaban J connectivity index is 1.59. The van der Waals surface area contributed by atoms with Gasteiger partial charge in [-0.05, 0) is 49.7 Å². The number of anilines is 1. The van der Waals surface area contributed by atoms with Gasteiger partial charge >= 0.3 is 0 Å². The lowest BCUT2D eigenvalue weighted by molar-refractivity contribution is -0.122. The number of hydrogen-bond acceptors (Lipinski definition) is 2. The van der Waals surface area contributed by atoms with Crippen molar-refractivity contribution in [1.82, 2.24) is 5.32 Å². The van der Waals surface area contributed by atoms with Gasteiger partial charge in [0.15, 0.2) is 0 Å². The molecule has 0 aromatic heterocycles. The van der Waals surface area contributed by atoms with Crippen molar-refractivity contribution in [2.75, 3.05) is 5.32 Å². The molecule has 2 N–H and O–H groups in total. The molecule has 0 radical (unpaired) electrons. The van der Waals surface area contributed by atoms with Crippen molar-refractivity contribution < 1.29 is 4.79 Å². The van der Waals surface area contributed by atoms with Crippen molar-refractivity contribution in [1.29, 1.82) is 0 Å². The maximum atomic E-state index is 12.4. The molecule has 20 heavy (non-hydrogen) atoms. The van der Waals surface area contributed by atoms with E-state index in [1.54, 1.807) is 0 Å². The fraction of sp³-hybridized carbons (Fsp3) is 0.588. The van der Waals surface area contributed by atoms with Crippen LogP contribution >= 0.6 is 0 Å². The summed E-state index contributed by atoms with van der Waals surface area (Å²) in [6, 6.07) is 6.56. The van der Waals surface area contributed by atoms with Crippen LogP contribution in [0.5, 0.6) is 0 Å². The lowest BCUT2D eigenvalue weighted by Gasteiger charge is -2.28. The van der Waals surface area contributed by atoms with E-state index in [4.69, 9.17) is 0 Å². The third-order valence-corrected chi connectivity index (χ3v) is 4.78. The van der Waals surface area contributed by atoms with Crippen LogP contribution in [0.1, 0.15) is 43.7 Å². The van der Waals surface area contributed by atoms with Gasteiger partial charge in [0.05, 0.1) is 0 Å². The zero-order chi connectivity index (χ0) is 14.1. The number of amides is 1. The topological polar surface area (TPSA) is 41.1 Å². The molecule has 1 aliphatic heterocycles. The van der Waals surface area contributed by atoms with Crippen LogP contribution in [-0.4, -0.2) is 18.0 Å². The number of nitrogens with one attached hydrogen (secondary N) is 2. The monoisotopic (exact) mass is 272 g/mol. The molecule has 2 aliphatic rings. The smallest absolute Gasteiger partial charge is 0.243 e. The SMILES string of the molecule is Cc1cccc2c1NC(C(=O)N[C@H]1CC[C@H](C)CC1)C2. The quantitative estimate of drug-likeness (QED) is 0.869. The maximum Gasteiger partial charge on any atom is 0.243 e. The molecule has 1 aliphatic carbocycles. The standard InChI is InChI=1S/C17H24N2O/c1-11-6-8-14(9-7-11)18-17(20)15-10-13-5-3-4-12(2)16(13)19-15/h3-5,11,14-15,19H,6-10H2,1-2H3,(H,18,20)/t11-,14-,15?. The molecule has 1 fully saturated rings. The number of aryl methyl sites for hydroxylation is 1. The zero-order valence-electron chi connectivity index (χ0n) is 12.4. The predicted octanol–water partition coefficient (Wildman–Crippen LogP) is 3.03. The van der Waals surface area contributed by atoms with Crippen molar-refractivity contribution in [3.8, 4) is 0 Å². The normalized spacial score (nSPS) is 28.6. The Morgan fingerprint density at radius 1 is 1.25 bits per heavy atom. The van der Waals surface area contributed by atoms with E-state index in [2.05, 4.69) is 42.7 Å². The molecule has 0 bridgehead atoms. The van der Waals surface area contributed by atoms with Crippen LogP contribution in [0, 0.1) is 12.8 Å². The summed E-state index contributed by atoms with van der Waals surface area (Å²) in [4.78, 5) is 12.4. The number of rotatable bonds is 2. The van der Waals surface area contributed by atoms with Gasteiger partial charge in [0, 0.05) is 18.2 Å². The minimum atomic E-state index is -0.0922. The Morgan fingerprint density at radius 3 is 2.70 bits per heavy atom. The Bertz CT molecular complexity index is 504. The summed E-state index contributed by atoms with van der Waals surface area (Å²) in [5.41, 5.74) is 3.65. The minimum absolute atomic E-state index is 0.0922. The molecule has 0 saturated heterocycles. The number of para-hydroxylation sites is 1. The highest BCUT2D eigenvalue weighted by Crippen LogP contribution is 2.29. The molecule has 1 saturated carbocycles. The largest absolute Gasteiger partial charge is 0.373 e. The van der Waals surface area contributed by atoms with Gasteiger partial charge in [-0.1, -0.05) is 25.1 Å². The number of fused-ring (bicyclic) bond motifs is 1. The fourth-order valence-electron chi connectivity index (χ4n) is 3.41. The van der Waals surface area contributed by atoms with Crippen molar-refractivity contribution in [3.05, 3.63) is 29.3 Å². The fourth-order valence-corrected chi connectivity index (χ4v) is 3.41. The molecule has 1 aromatic carbocycles. The number of hydrogen-bond donors (Lipinski definition) is 2. The van der Waals surface area contributed by atoms with Crippen LogP contribution in [0.2, 0.25) is 0 Å². The highest BCUT2D eigenvalue weighted by molar-refractivity contribution is 5.88. The molecule has 1 aromatic rings. The average molecular weight is 272 g/mol. The van der Waals surface area contributed by atoms with Crippen LogP contribution in [0.15, 0.2) is 18.2 Å². The third kappa shape index (κ3) is 2.67. The van der Waals surface area contributed by atoms with Crippen molar-refractivity contribution in [2.24, 2.45) is 5.92 Å². The molecule has 0 spiro atoms. The van der Waals surface area contributed by atoms with Gasteiger partial charge in [0.2, 0.25) is 5.91 Å². The Morgan fingerprint density at radius 2 is 2.00 bits per heavy atom. The van der Waals surface area contributed by atoms with E-state index in [1.165, 1.54) is 24.0 Å². The Kier molecular flexibility index (Phi) is 3.68. The van der Waals surface area contributed by atoms with Crippen LogP contribution in [0.4, 0.5) is 5.69 Å². The summed E-state index contributed by atoms with van der Waals surface area (Å²) in [6.07, 6.45) is 5.55. The summed E-state index contributed by atoms with van der Waals surface area (Å²) < 4.78 is 0. The summed E-state index contributed by atoms with van der Waals surface area (Å²) in [5.74, 6) is 0.986. The Labute approximate surface area is 121 Å². The highest BCUT2D eigenvalue weighted by Gasteiger charge is 2.29. The van der Waals surface area contributed by atoms with Crippen LogP contribution in [0.25, 0.3) is 0 Å². The van der Waals surface area contributed by atoms with Crippen LogP contribution in [-0.2, 0) is 11.2 Å². The zero-order valence-corrected chi connectivity index (χ0v) is 12.4. The van der Waals surface area contributed by atoms with Crippen molar-refractivity contribution in [2.45, 2.75) is 58.0 Å². The van der Waals surface area contributed by atoms with E-state index in [0.29, 0.717) is 6.04 Å². The number of carbonyl (C=O) groups excluding carboxylic acids is 1. The molecular formula is C17H24N2O. The summed E-state index contributed by atoms with van der Waals surface area (Å²) in [5, 5.41) is 6.62. The van der Waals surface area contributed by atoms with E-state index in [-0.39, 0.29) is 11.9 Å². The lowest BCUT2D eigenvalue weighted by Crippen LogP contribution is -2.45. The van der Waals surface area contributed by atoms with Gasteiger partial charge in [0.1, 0.15) is 6.04 Å². The predicted molar refractivity (Wildman–Crippen MR) is 81.9 cm³/mol. The molecule has 1 amide bonds. The van der Waals surface area contributed by atoms with Crippen molar-refractivity contribution in [3.63, 3.8) is 0 Å². The van der Waals surface area contributed by atoms with Crippen LogP contribution < -0.4 is 10.6 Å². The minimum Gasteiger partial charge on any atom is -0.373 e. The van der Waals surface area contributed by atoms with Gasteiger partial charge in [-0.25, -0.2) is 0 Å². The summed E-state index contributed by atoms with van der Waals surface area (Å²) in [7, 11) is 0. The second-order valence-electron chi connectivity index (χ2n) is 6.48. The van der Waals surface area contributed by atoms with Gasteiger partial charge < -0.3 is 10.6 Å².